The molecule has 0 radical (unpaired) electrons. The predicted molar refractivity (Wildman–Crippen MR) is 150 cm³/mol. The Kier molecular flexibility index (Phi) is 8.28. The molecule has 0 saturated carbocycles. The van der Waals surface area contributed by atoms with Crippen LogP contribution in [-0.4, -0.2) is 34.4 Å². The number of nitrogens with one attached hydrogen (secondary N) is 1. The molecular formula is C33H30F3N3O2. The van der Waals surface area contributed by atoms with E-state index in [4.69, 9.17) is 0 Å². The minimum Gasteiger partial charge on any atom is -0.346 e. The fourth-order valence-electron chi connectivity index (χ4n) is 5.64. The van der Waals surface area contributed by atoms with Gasteiger partial charge in [0, 0.05) is 30.8 Å². The second kappa shape index (κ2) is 12.0. The molecule has 5 nitrogen and oxygen atoms in total. The topological polar surface area (TPSA) is 72.0 Å². The molecule has 41 heavy (non-hydrogen) atoms. The van der Waals surface area contributed by atoms with Crippen molar-refractivity contribution in [2.24, 2.45) is 0 Å². The Morgan fingerprint density at radius 2 is 1.34 bits per heavy atom. The highest BCUT2D eigenvalue weighted by Gasteiger charge is 2.49. The van der Waals surface area contributed by atoms with Gasteiger partial charge in [-0.1, -0.05) is 85.3 Å². The van der Waals surface area contributed by atoms with Gasteiger partial charge in [-0.05, 0) is 47.1 Å². The van der Waals surface area contributed by atoms with E-state index in [9.17, 15) is 22.8 Å². The van der Waals surface area contributed by atoms with Crippen LogP contribution in [0.5, 0.6) is 0 Å². The van der Waals surface area contributed by atoms with Crippen LogP contribution in [0.25, 0.3) is 11.1 Å². The van der Waals surface area contributed by atoms with Crippen LogP contribution in [0.4, 0.5) is 13.2 Å². The molecule has 5 rings (SSSR count). The van der Waals surface area contributed by atoms with Crippen molar-refractivity contribution in [1.29, 1.82) is 0 Å². The molecular weight excluding hydrogens is 527 g/mol. The van der Waals surface area contributed by atoms with Crippen LogP contribution in [0, 0.1) is 0 Å². The molecule has 1 aromatic heterocycles. The van der Waals surface area contributed by atoms with Crippen molar-refractivity contribution in [3.8, 4) is 11.1 Å². The molecule has 0 atom stereocenters. The standard InChI is InChI=1S/C33H30F3N3O2/c34-33(35,36)22-39-31(41)32(27-15-6-4-13-25(27)26-14-5-7-16-28(26)32)19-9-8-10-23-20-37-30(38-21-23)18-17-29(40)24-11-2-1-3-12-24/h1-7,11-16,20-21H,8-10,17-19,22H2,(H,39,41). The van der Waals surface area contributed by atoms with Gasteiger partial charge in [0.2, 0.25) is 5.91 Å². The molecule has 0 unspecified atom stereocenters. The summed E-state index contributed by atoms with van der Waals surface area (Å²) in [5, 5.41) is 2.17. The first-order valence-electron chi connectivity index (χ1n) is 13.7. The molecule has 1 N–H and O–H groups in total. The predicted octanol–water partition coefficient (Wildman–Crippen LogP) is 6.65. The van der Waals surface area contributed by atoms with E-state index in [0.29, 0.717) is 49.9 Å². The van der Waals surface area contributed by atoms with Crippen molar-refractivity contribution in [2.45, 2.75) is 50.1 Å². The molecule has 210 valence electrons. The monoisotopic (exact) mass is 557 g/mol. The third-order valence-corrected chi connectivity index (χ3v) is 7.60. The van der Waals surface area contributed by atoms with Gasteiger partial charge in [0.1, 0.15) is 17.8 Å². The lowest BCUT2D eigenvalue weighted by atomic mass is 9.73. The summed E-state index contributed by atoms with van der Waals surface area (Å²) < 4.78 is 39.2. The maximum absolute atomic E-state index is 13.6. The highest BCUT2D eigenvalue weighted by molar-refractivity contribution is 6.00. The lowest BCUT2D eigenvalue weighted by molar-refractivity contribution is -0.141. The van der Waals surface area contributed by atoms with Crippen molar-refractivity contribution < 1.29 is 22.8 Å². The number of halogens is 3. The van der Waals surface area contributed by atoms with Crippen molar-refractivity contribution >= 4 is 11.7 Å². The van der Waals surface area contributed by atoms with Crippen LogP contribution >= 0.6 is 0 Å². The van der Waals surface area contributed by atoms with E-state index < -0.39 is 24.0 Å². The van der Waals surface area contributed by atoms with Crippen LogP contribution in [0.1, 0.15) is 58.6 Å². The highest BCUT2D eigenvalue weighted by atomic mass is 19.4. The summed E-state index contributed by atoms with van der Waals surface area (Å²) in [6, 6.07) is 24.0. The molecule has 0 aliphatic heterocycles. The van der Waals surface area contributed by atoms with E-state index in [1.165, 1.54) is 0 Å². The number of ketones is 1. The fraction of sp³-hybridized carbons (Fsp3) is 0.273. The lowest BCUT2D eigenvalue weighted by Gasteiger charge is -2.31. The number of carbonyl (C=O) groups is 2. The van der Waals surface area contributed by atoms with E-state index in [1.807, 2.05) is 66.7 Å². The number of alkyl halides is 3. The number of rotatable bonds is 11. The molecule has 8 heteroatoms. The van der Waals surface area contributed by atoms with Crippen LogP contribution in [-0.2, 0) is 23.1 Å². The molecule has 0 spiro atoms. The van der Waals surface area contributed by atoms with Gasteiger partial charge >= 0.3 is 6.18 Å². The Labute approximate surface area is 236 Å². The number of carbonyl (C=O) groups excluding carboxylic acids is 2. The van der Waals surface area contributed by atoms with Crippen molar-refractivity contribution in [3.63, 3.8) is 0 Å². The number of hydrogen-bond donors (Lipinski definition) is 1. The van der Waals surface area contributed by atoms with Gasteiger partial charge in [0.15, 0.2) is 5.78 Å². The zero-order valence-corrected chi connectivity index (χ0v) is 22.5. The molecule has 1 aliphatic rings. The molecule has 4 aromatic rings. The molecule has 0 bridgehead atoms. The number of fused-ring (bicyclic) bond motifs is 3. The Morgan fingerprint density at radius 3 is 1.95 bits per heavy atom. The molecule has 1 amide bonds. The minimum absolute atomic E-state index is 0.0431. The SMILES string of the molecule is O=C(CCc1ncc(CCCCC2(C(=O)NCC(F)(F)F)c3ccccc3-c3ccccc32)cn1)c1ccccc1. The molecule has 1 aliphatic carbocycles. The summed E-state index contributed by atoms with van der Waals surface area (Å²) in [7, 11) is 0. The van der Waals surface area contributed by atoms with E-state index in [2.05, 4.69) is 15.3 Å². The van der Waals surface area contributed by atoms with Crippen LogP contribution in [0.2, 0.25) is 0 Å². The first-order valence-corrected chi connectivity index (χ1v) is 13.7. The summed E-state index contributed by atoms with van der Waals surface area (Å²) in [6.07, 6.45) is 2.10. The van der Waals surface area contributed by atoms with Gasteiger partial charge in [0.05, 0.1) is 0 Å². The number of aryl methyl sites for hydroxylation is 2. The lowest BCUT2D eigenvalue weighted by Crippen LogP contribution is -2.47. The third-order valence-electron chi connectivity index (χ3n) is 7.60. The fourth-order valence-corrected chi connectivity index (χ4v) is 5.64. The number of unbranched alkanes of at least 4 members (excludes halogenated alkanes) is 1. The quantitative estimate of drug-likeness (QED) is 0.166. The number of benzene rings is 3. The largest absolute Gasteiger partial charge is 0.405 e. The number of aromatic nitrogens is 2. The number of nitrogens with zero attached hydrogens (tertiary/aromatic N) is 2. The summed E-state index contributed by atoms with van der Waals surface area (Å²) in [5.74, 6) is 0.00369. The van der Waals surface area contributed by atoms with Gasteiger partial charge in [0.25, 0.3) is 0 Å². The zero-order chi connectivity index (χ0) is 28.9. The molecule has 1 heterocycles. The number of amides is 1. The summed E-state index contributed by atoms with van der Waals surface area (Å²) in [6.45, 7) is -1.38. The van der Waals surface area contributed by atoms with E-state index >= 15 is 0 Å². The Balaban J connectivity index is 1.25. The van der Waals surface area contributed by atoms with Gasteiger partial charge < -0.3 is 5.32 Å². The van der Waals surface area contributed by atoms with Crippen LogP contribution in [0.3, 0.4) is 0 Å². The summed E-state index contributed by atoms with van der Waals surface area (Å²) >= 11 is 0. The summed E-state index contributed by atoms with van der Waals surface area (Å²) in [5.41, 5.74) is 3.61. The van der Waals surface area contributed by atoms with Crippen molar-refractivity contribution in [2.75, 3.05) is 6.54 Å². The molecule has 0 saturated heterocycles. The highest BCUT2D eigenvalue weighted by Crippen LogP contribution is 2.51. The molecule has 0 fully saturated rings. The Morgan fingerprint density at radius 1 is 0.756 bits per heavy atom. The normalized spacial score (nSPS) is 13.3. The Hall–Kier alpha value is -4.33. The van der Waals surface area contributed by atoms with E-state index in [1.54, 1.807) is 24.5 Å². The minimum atomic E-state index is -4.50. The van der Waals surface area contributed by atoms with Gasteiger partial charge in [-0.15, -0.1) is 0 Å². The van der Waals surface area contributed by atoms with E-state index in [-0.39, 0.29) is 5.78 Å². The second-order valence-electron chi connectivity index (χ2n) is 10.3. The maximum Gasteiger partial charge on any atom is 0.405 e. The van der Waals surface area contributed by atoms with Crippen LogP contribution < -0.4 is 5.32 Å². The van der Waals surface area contributed by atoms with Gasteiger partial charge in [-0.3, -0.25) is 9.59 Å². The smallest absolute Gasteiger partial charge is 0.346 e. The van der Waals surface area contributed by atoms with Crippen molar-refractivity contribution in [1.82, 2.24) is 15.3 Å². The summed E-state index contributed by atoms with van der Waals surface area (Å²) in [4.78, 5) is 34.8. The second-order valence-corrected chi connectivity index (χ2v) is 10.3. The first kappa shape index (κ1) is 28.2. The van der Waals surface area contributed by atoms with Crippen molar-refractivity contribution in [3.05, 3.63) is 119 Å². The van der Waals surface area contributed by atoms with Crippen LogP contribution in [0.15, 0.2) is 91.3 Å². The Bertz CT molecular complexity index is 1470. The number of hydrogen-bond acceptors (Lipinski definition) is 4. The average molecular weight is 558 g/mol. The average Bonchev–Trinajstić information content (AvgIpc) is 3.28. The van der Waals surface area contributed by atoms with E-state index in [0.717, 1.165) is 27.8 Å². The third kappa shape index (κ3) is 6.21. The molecule has 3 aromatic carbocycles. The first-order chi connectivity index (χ1) is 19.8. The zero-order valence-electron chi connectivity index (χ0n) is 22.5. The maximum atomic E-state index is 13.6. The number of Topliss-reactive ketones (excluding diaryl/α,β-unsaturated/α-hetero) is 1. The van der Waals surface area contributed by atoms with Gasteiger partial charge in [-0.2, -0.15) is 13.2 Å². The van der Waals surface area contributed by atoms with Gasteiger partial charge in [-0.25, -0.2) is 9.97 Å².